The number of carbonyl (C=O) groups is 2. The quantitative estimate of drug-likeness (QED) is 0.686. The molecule has 156 valence electrons. The highest BCUT2D eigenvalue weighted by Crippen LogP contribution is 2.23. The van der Waals surface area contributed by atoms with Crippen LogP contribution in [0.1, 0.15) is 60.5 Å². The van der Waals surface area contributed by atoms with E-state index in [9.17, 15) is 9.59 Å². The average Bonchev–Trinajstić information content (AvgIpc) is 3.02. The van der Waals surface area contributed by atoms with Gasteiger partial charge in [0, 0.05) is 12.1 Å². The minimum absolute atomic E-state index is 0.149. The highest BCUT2D eigenvalue weighted by Gasteiger charge is 2.29. The van der Waals surface area contributed by atoms with Gasteiger partial charge in [-0.2, -0.15) is 0 Å². The lowest BCUT2D eigenvalue weighted by Crippen LogP contribution is -2.49. The molecule has 0 N–H and O–H groups in total. The van der Waals surface area contributed by atoms with Crippen LogP contribution in [0.4, 0.5) is 0 Å². The van der Waals surface area contributed by atoms with Crippen molar-refractivity contribution in [1.29, 1.82) is 0 Å². The predicted molar refractivity (Wildman–Crippen MR) is 107 cm³/mol. The van der Waals surface area contributed by atoms with Crippen LogP contribution in [0.15, 0.2) is 28.8 Å². The number of carbonyl (C=O) groups excluding carboxylic acids is 2. The van der Waals surface area contributed by atoms with Gasteiger partial charge < -0.3 is 18.9 Å². The van der Waals surface area contributed by atoms with Gasteiger partial charge in [-0.15, -0.1) is 0 Å². The molecule has 3 rings (SSSR count). The molecule has 0 radical (unpaired) electrons. The highest BCUT2D eigenvalue weighted by molar-refractivity contribution is 5.91. The summed E-state index contributed by atoms with van der Waals surface area (Å²) in [5.74, 6) is 0.545. The Morgan fingerprint density at radius 3 is 2.59 bits per heavy atom. The minimum atomic E-state index is -0.543. The molecule has 1 saturated heterocycles. The van der Waals surface area contributed by atoms with Crippen LogP contribution < -0.4 is 4.74 Å². The highest BCUT2D eigenvalue weighted by atomic mass is 16.5. The number of amides is 1. The molecule has 0 bridgehead atoms. The van der Waals surface area contributed by atoms with Crippen molar-refractivity contribution in [3.63, 3.8) is 0 Å². The van der Waals surface area contributed by atoms with Crippen LogP contribution in [-0.4, -0.2) is 40.6 Å². The van der Waals surface area contributed by atoms with Crippen LogP contribution in [0.25, 0.3) is 0 Å². The van der Waals surface area contributed by atoms with E-state index in [0.717, 1.165) is 30.5 Å². The standard InChI is InChI=1S/C22H28N2O5/c1-14-7-5-8-15(2)24(14)21(25)13-28-22(26)18-9-6-10-19(11-18)27-12-20-16(3)23-29-17(20)4/h6,9-11,14-15H,5,7-8,12-13H2,1-4H3/t14-,15-/m0/s1. The van der Waals surface area contributed by atoms with E-state index in [2.05, 4.69) is 5.16 Å². The van der Waals surface area contributed by atoms with Gasteiger partial charge >= 0.3 is 5.97 Å². The van der Waals surface area contributed by atoms with Crippen LogP contribution in [0.2, 0.25) is 0 Å². The van der Waals surface area contributed by atoms with Crippen LogP contribution in [0.5, 0.6) is 5.75 Å². The molecule has 2 heterocycles. The first-order valence-electron chi connectivity index (χ1n) is 9.99. The lowest BCUT2D eigenvalue weighted by atomic mass is 9.97. The van der Waals surface area contributed by atoms with Crippen molar-refractivity contribution in [1.82, 2.24) is 10.1 Å². The molecule has 1 aromatic carbocycles. The lowest BCUT2D eigenvalue weighted by Gasteiger charge is -2.38. The topological polar surface area (TPSA) is 81.9 Å². The smallest absolute Gasteiger partial charge is 0.338 e. The maximum Gasteiger partial charge on any atom is 0.338 e. The van der Waals surface area contributed by atoms with E-state index in [0.29, 0.717) is 23.7 Å². The largest absolute Gasteiger partial charge is 0.489 e. The van der Waals surface area contributed by atoms with Gasteiger partial charge in [0.15, 0.2) is 6.61 Å². The molecule has 7 nitrogen and oxygen atoms in total. The monoisotopic (exact) mass is 400 g/mol. The van der Waals surface area contributed by atoms with Crippen molar-refractivity contribution in [3.8, 4) is 5.75 Å². The molecule has 1 fully saturated rings. The Bertz CT molecular complexity index is 846. The summed E-state index contributed by atoms with van der Waals surface area (Å²) in [5, 5.41) is 3.90. The van der Waals surface area contributed by atoms with Crippen molar-refractivity contribution in [3.05, 3.63) is 46.8 Å². The van der Waals surface area contributed by atoms with Gasteiger partial charge in [-0.05, 0) is 65.2 Å². The second-order valence-electron chi connectivity index (χ2n) is 7.63. The number of ether oxygens (including phenoxy) is 2. The fourth-order valence-electron chi connectivity index (χ4n) is 3.77. The molecule has 0 aliphatic carbocycles. The SMILES string of the molecule is Cc1noc(C)c1COc1cccc(C(=O)OCC(=O)N2[C@@H](C)CCC[C@@H]2C)c1. The molecule has 1 aromatic heterocycles. The molecule has 7 heteroatoms. The zero-order chi connectivity index (χ0) is 21.0. The van der Waals surface area contributed by atoms with Crippen molar-refractivity contribution < 1.29 is 23.6 Å². The maximum absolute atomic E-state index is 12.5. The number of rotatable bonds is 6. The third kappa shape index (κ3) is 4.96. The summed E-state index contributed by atoms with van der Waals surface area (Å²) in [5.41, 5.74) is 2.00. The number of likely N-dealkylation sites (tertiary alicyclic amines) is 1. The number of esters is 1. The molecular formula is C22H28N2O5. The number of nitrogens with zero attached hydrogens (tertiary/aromatic N) is 2. The number of piperidine rings is 1. The summed E-state index contributed by atoms with van der Waals surface area (Å²) < 4.78 is 16.2. The molecule has 2 aromatic rings. The summed E-state index contributed by atoms with van der Waals surface area (Å²) in [6.45, 7) is 7.79. The minimum Gasteiger partial charge on any atom is -0.489 e. The van der Waals surface area contributed by atoms with Crippen LogP contribution in [0, 0.1) is 13.8 Å². The Hall–Kier alpha value is -2.83. The molecule has 0 unspecified atom stereocenters. The van der Waals surface area contributed by atoms with E-state index in [1.165, 1.54) is 0 Å². The van der Waals surface area contributed by atoms with Crippen molar-refractivity contribution in [2.24, 2.45) is 0 Å². The Morgan fingerprint density at radius 1 is 1.21 bits per heavy atom. The van der Waals surface area contributed by atoms with Crippen molar-refractivity contribution in [2.75, 3.05) is 6.61 Å². The second kappa shape index (κ2) is 9.11. The number of aryl methyl sites for hydroxylation is 2. The van der Waals surface area contributed by atoms with E-state index in [1.54, 1.807) is 24.3 Å². The molecule has 0 spiro atoms. The van der Waals surface area contributed by atoms with E-state index in [1.807, 2.05) is 32.6 Å². The van der Waals surface area contributed by atoms with E-state index in [-0.39, 0.29) is 24.6 Å². The zero-order valence-corrected chi connectivity index (χ0v) is 17.4. The first-order valence-corrected chi connectivity index (χ1v) is 9.99. The lowest BCUT2D eigenvalue weighted by molar-refractivity contribution is -0.140. The predicted octanol–water partition coefficient (Wildman–Crippen LogP) is 3.82. The van der Waals surface area contributed by atoms with Gasteiger partial charge in [-0.1, -0.05) is 11.2 Å². The third-order valence-electron chi connectivity index (χ3n) is 5.44. The summed E-state index contributed by atoms with van der Waals surface area (Å²) in [6.07, 6.45) is 3.08. The second-order valence-corrected chi connectivity index (χ2v) is 7.63. The molecule has 0 saturated carbocycles. The molecular weight excluding hydrogens is 372 g/mol. The number of hydrogen-bond donors (Lipinski definition) is 0. The van der Waals surface area contributed by atoms with Crippen LogP contribution in [0.3, 0.4) is 0 Å². The zero-order valence-electron chi connectivity index (χ0n) is 17.4. The molecule has 1 amide bonds. The van der Waals surface area contributed by atoms with Gasteiger partial charge in [-0.25, -0.2) is 4.79 Å². The van der Waals surface area contributed by atoms with E-state index in [4.69, 9.17) is 14.0 Å². The molecule has 2 atom stereocenters. The van der Waals surface area contributed by atoms with Gasteiger partial charge in [0.1, 0.15) is 18.1 Å². The third-order valence-corrected chi connectivity index (χ3v) is 5.44. The summed E-state index contributed by atoms with van der Waals surface area (Å²) in [6, 6.07) is 7.07. The normalized spacial score (nSPS) is 19.1. The summed E-state index contributed by atoms with van der Waals surface area (Å²) in [7, 11) is 0. The first-order chi connectivity index (χ1) is 13.9. The Balaban J connectivity index is 1.57. The number of hydrogen-bond acceptors (Lipinski definition) is 6. The average molecular weight is 400 g/mol. The van der Waals surface area contributed by atoms with Crippen LogP contribution >= 0.6 is 0 Å². The fraction of sp³-hybridized carbons (Fsp3) is 0.500. The number of aromatic nitrogens is 1. The van der Waals surface area contributed by atoms with Crippen molar-refractivity contribution >= 4 is 11.9 Å². The van der Waals surface area contributed by atoms with Gasteiger partial charge in [0.2, 0.25) is 0 Å². The number of benzene rings is 1. The fourth-order valence-corrected chi connectivity index (χ4v) is 3.77. The summed E-state index contributed by atoms with van der Waals surface area (Å²) >= 11 is 0. The summed E-state index contributed by atoms with van der Waals surface area (Å²) in [4.78, 5) is 26.8. The maximum atomic E-state index is 12.5. The van der Waals surface area contributed by atoms with E-state index >= 15 is 0 Å². The molecule has 29 heavy (non-hydrogen) atoms. The van der Waals surface area contributed by atoms with Crippen molar-refractivity contribution in [2.45, 2.75) is 65.6 Å². The Morgan fingerprint density at radius 2 is 1.93 bits per heavy atom. The van der Waals surface area contributed by atoms with Gasteiger partial charge in [0.05, 0.1) is 16.8 Å². The van der Waals surface area contributed by atoms with E-state index < -0.39 is 5.97 Å². The van der Waals surface area contributed by atoms with Gasteiger partial charge in [0.25, 0.3) is 5.91 Å². The first kappa shape index (κ1) is 20.9. The Kier molecular flexibility index (Phi) is 6.56. The Labute approximate surface area is 171 Å². The molecule has 1 aliphatic heterocycles. The van der Waals surface area contributed by atoms with Gasteiger partial charge in [-0.3, -0.25) is 4.79 Å². The van der Waals surface area contributed by atoms with Crippen LogP contribution in [-0.2, 0) is 16.1 Å². The molecule has 1 aliphatic rings.